The molecule has 1 atom stereocenters. The first-order valence-electron chi connectivity index (χ1n) is 5.15. The highest BCUT2D eigenvalue weighted by Crippen LogP contribution is 2.38. The number of cyclic esters (lactones) is 1. The van der Waals surface area contributed by atoms with Crippen LogP contribution in [0.4, 0.5) is 0 Å². The third-order valence-electron chi connectivity index (χ3n) is 2.63. The normalized spacial score (nSPS) is 18.5. The lowest BCUT2D eigenvalue weighted by Gasteiger charge is -2.08. The number of carbonyl (C=O) groups excluding carboxylic acids is 1. The molecule has 0 bridgehead atoms. The number of carbonyl (C=O) groups is 1. The Morgan fingerprint density at radius 2 is 2.27 bits per heavy atom. The van der Waals surface area contributed by atoms with Crippen LogP contribution in [0.2, 0.25) is 0 Å². The SMILES string of the molecule is CCCC1OC(=O)c2c(OC)cccc21. The maximum atomic E-state index is 11.6. The van der Waals surface area contributed by atoms with Gasteiger partial charge in [-0.3, -0.25) is 0 Å². The van der Waals surface area contributed by atoms with Crippen LogP contribution in [0, 0.1) is 0 Å². The van der Waals surface area contributed by atoms with E-state index in [1.54, 1.807) is 13.2 Å². The molecular weight excluding hydrogens is 192 g/mol. The predicted octanol–water partition coefficient (Wildman–Crippen LogP) is 2.71. The fraction of sp³-hybridized carbons (Fsp3) is 0.417. The van der Waals surface area contributed by atoms with Crippen molar-refractivity contribution >= 4 is 5.97 Å². The van der Waals surface area contributed by atoms with Gasteiger partial charge in [-0.15, -0.1) is 0 Å². The summed E-state index contributed by atoms with van der Waals surface area (Å²) in [7, 11) is 1.57. The lowest BCUT2D eigenvalue weighted by Crippen LogP contribution is -1.98. The van der Waals surface area contributed by atoms with E-state index in [4.69, 9.17) is 9.47 Å². The van der Waals surface area contributed by atoms with Gasteiger partial charge in [-0.05, 0) is 12.5 Å². The maximum Gasteiger partial charge on any atom is 0.342 e. The van der Waals surface area contributed by atoms with Crippen LogP contribution in [0.3, 0.4) is 0 Å². The van der Waals surface area contributed by atoms with E-state index in [9.17, 15) is 4.79 Å². The zero-order valence-electron chi connectivity index (χ0n) is 8.95. The second-order valence-electron chi connectivity index (χ2n) is 3.61. The van der Waals surface area contributed by atoms with Gasteiger partial charge in [0.05, 0.1) is 7.11 Å². The zero-order chi connectivity index (χ0) is 10.8. The van der Waals surface area contributed by atoms with E-state index in [1.807, 2.05) is 12.1 Å². The molecule has 1 aliphatic heterocycles. The number of rotatable bonds is 3. The molecule has 1 heterocycles. The summed E-state index contributed by atoms with van der Waals surface area (Å²) in [6.45, 7) is 2.08. The van der Waals surface area contributed by atoms with Crippen LogP contribution in [-0.4, -0.2) is 13.1 Å². The number of esters is 1. The van der Waals surface area contributed by atoms with Crippen LogP contribution in [0.25, 0.3) is 0 Å². The quantitative estimate of drug-likeness (QED) is 0.713. The summed E-state index contributed by atoms with van der Waals surface area (Å²) in [6.07, 6.45) is 1.77. The van der Waals surface area contributed by atoms with Gasteiger partial charge in [-0.2, -0.15) is 0 Å². The van der Waals surface area contributed by atoms with Gasteiger partial charge < -0.3 is 9.47 Å². The molecule has 0 N–H and O–H groups in total. The lowest BCUT2D eigenvalue weighted by molar-refractivity contribution is 0.0366. The number of benzene rings is 1. The van der Waals surface area contributed by atoms with Gasteiger partial charge in [-0.1, -0.05) is 25.5 Å². The Hall–Kier alpha value is -1.51. The van der Waals surface area contributed by atoms with Gasteiger partial charge in [0.1, 0.15) is 17.4 Å². The molecule has 80 valence electrons. The standard InChI is InChI=1S/C12H14O3/c1-3-5-9-8-6-4-7-10(14-2)11(8)12(13)15-9/h4,6-7,9H,3,5H2,1-2H3. The Kier molecular flexibility index (Phi) is 2.62. The number of fused-ring (bicyclic) bond motifs is 1. The molecule has 1 aromatic carbocycles. The average molecular weight is 206 g/mol. The molecule has 1 unspecified atom stereocenters. The van der Waals surface area contributed by atoms with E-state index in [0.717, 1.165) is 18.4 Å². The average Bonchev–Trinajstić information content (AvgIpc) is 2.57. The van der Waals surface area contributed by atoms with Gasteiger partial charge in [0.2, 0.25) is 0 Å². The van der Waals surface area contributed by atoms with Crippen molar-refractivity contribution in [3.05, 3.63) is 29.3 Å². The Labute approximate surface area is 89.0 Å². The van der Waals surface area contributed by atoms with Gasteiger partial charge in [0, 0.05) is 5.56 Å². The summed E-state index contributed by atoms with van der Waals surface area (Å²) in [6, 6.07) is 5.61. The molecule has 3 heteroatoms. The Balaban J connectivity index is 2.44. The fourth-order valence-electron chi connectivity index (χ4n) is 1.93. The van der Waals surface area contributed by atoms with Crippen molar-refractivity contribution in [2.24, 2.45) is 0 Å². The minimum absolute atomic E-state index is 0.0902. The first-order valence-corrected chi connectivity index (χ1v) is 5.15. The van der Waals surface area contributed by atoms with Gasteiger partial charge in [-0.25, -0.2) is 4.79 Å². The summed E-state index contributed by atoms with van der Waals surface area (Å²) >= 11 is 0. The summed E-state index contributed by atoms with van der Waals surface area (Å²) in [5, 5.41) is 0. The first-order chi connectivity index (χ1) is 7.27. The molecular formula is C12H14O3. The highest BCUT2D eigenvalue weighted by atomic mass is 16.6. The molecule has 0 radical (unpaired) electrons. The molecule has 0 aliphatic carbocycles. The van der Waals surface area contributed by atoms with Crippen molar-refractivity contribution in [2.75, 3.05) is 7.11 Å². The monoisotopic (exact) mass is 206 g/mol. The van der Waals surface area contributed by atoms with Crippen molar-refractivity contribution in [3.8, 4) is 5.75 Å². The van der Waals surface area contributed by atoms with Crippen LogP contribution in [0.1, 0.15) is 41.8 Å². The van der Waals surface area contributed by atoms with E-state index >= 15 is 0 Å². The van der Waals surface area contributed by atoms with Crippen molar-refractivity contribution in [2.45, 2.75) is 25.9 Å². The second-order valence-corrected chi connectivity index (χ2v) is 3.61. The van der Waals surface area contributed by atoms with Gasteiger partial charge in [0.25, 0.3) is 0 Å². The highest BCUT2D eigenvalue weighted by Gasteiger charge is 2.32. The van der Waals surface area contributed by atoms with Crippen LogP contribution >= 0.6 is 0 Å². The molecule has 0 spiro atoms. The summed E-state index contributed by atoms with van der Waals surface area (Å²) in [5.74, 6) is 0.344. The van der Waals surface area contributed by atoms with Crippen molar-refractivity contribution < 1.29 is 14.3 Å². The Morgan fingerprint density at radius 3 is 2.93 bits per heavy atom. The van der Waals surface area contributed by atoms with Crippen molar-refractivity contribution in [1.82, 2.24) is 0 Å². The molecule has 1 aromatic rings. The zero-order valence-corrected chi connectivity index (χ0v) is 8.95. The minimum atomic E-state index is -0.263. The molecule has 2 rings (SSSR count). The van der Waals surface area contributed by atoms with Crippen LogP contribution in [0.15, 0.2) is 18.2 Å². The van der Waals surface area contributed by atoms with Crippen LogP contribution < -0.4 is 4.74 Å². The van der Waals surface area contributed by atoms with Crippen molar-refractivity contribution in [3.63, 3.8) is 0 Å². The first kappa shape index (κ1) is 10.0. The van der Waals surface area contributed by atoms with Crippen LogP contribution in [-0.2, 0) is 4.74 Å². The molecule has 0 aromatic heterocycles. The number of hydrogen-bond donors (Lipinski definition) is 0. The summed E-state index contributed by atoms with van der Waals surface area (Å²) in [5.41, 5.74) is 1.56. The van der Waals surface area contributed by atoms with E-state index in [1.165, 1.54) is 0 Å². The minimum Gasteiger partial charge on any atom is -0.496 e. The predicted molar refractivity (Wildman–Crippen MR) is 56.1 cm³/mol. The number of methoxy groups -OCH3 is 1. The molecule has 0 fully saturated rings. The van der Waals surface area contributed by atoms with E-state index < -0.39 is 0 Å². The van der Waals surface area contributed by atoms with Crippen LogP contribution in [0.5, 0.6) is 5.75 Å². The highest BCUT2D eigenvalue weighted by molar-refractivity contribution is 5.97. The number of hydrogen-bond acceptors (Lipinski definition) is 3. The molecule has 15 heavy (non-hydrogen) atoms. The van der Waals surface area contributed by atoms with Gasteiger partial charge in [0.15, 0.2) is 0 Å². The second kappa shape index (κ2) is 3.93. The number of ether oxygens (including phenoxy) is 2. The molecule has 0 saturated heterocycles. The largest absolute Gasteiger partial charge is 0.496 e. The van der Waals surface area contributed by atoms with E-state index in [2.05, 4.69) is 6.92 Å². The summed E-state index contributed by atoms with van der Waals surface area (Å²) in [4.78, 5) is 11.6. The van der Waals surface area contributed by atoms with Crippen molar-refractivity contribution in [1.29, 1.82) is 0 Å². The summed E-state index contributed by atoms with van der Waals surface area (Å²) < 4.78 is 10.4. The third kappa shape index (κ3) is 1.58. The molecule has 3 nitrogen and oxygen atoms in total. The molecule has 1 aliphatic rings. The van der Waals surface area contributed by atoms with E-state index in [-0.39, 0.29) is 12.1 Å². The van der Waals surface area contributed by atoms with E-state index in [0.29, 0.717) is 11.3 Å². The lowest BCUT2D eigenvalue weighted by atomic mass is 10.0. The third-order valence-corrected chi connectivity index (χ3v) is 2.63. The smallest absolute Gasteiger partial charge is 0.342 e. The topological polar surface area (TPSA) is 35.5 Å². The van der Waals surface area contributed by atoms with Gasteiger partial charge >= 0.3 is 5.97 Å². The fourth-order valence-corrected chi connectivity index (χ4v) is 1.93. The Bertz CT molecular complexity index is 384. The Morgan fingerprint density at radius 1 is 1.47 bits per heavy atom. The molecule has 0 amide bonds. The molecule has 0 saturated carbocycles. The maximum absolute atomic E-state index is 11.6.